The molecule has 1 rings (SSSR count). The second kappa shape index (κ2) is 7.32. The molecule has 1 nitrogen and oxygen atoms in total. The van der Waals surface area contributed by atoms with E-state index in [1.54, 1.807) is 0 Å². The first kappa shape index (κ1) is 12.1. The Morgan fingerprint density at radius 3 is 3.00 bits per heavy atom. The molecule has 0 fully saturated rings. The number of thiophene rings is 1. The highest BCUT2D eigenvalue weighted by Crippen LogP contribution is 2.23. The lowest BCUT2D eigenvalue weighted by atomic mass is 10.2. The topological polar surface area (TPSA) is 12.0 Å². The molecule has 0 aliphatic rings. The smallest absolute Gasteiger partial charge is 0.0422 e. The molecule has 80 valence electrons. The molecular formula is C11H19NS2. The summed E-state index contributed by atoms with van der Waals surface area (Å²) in [5.41, 5.74) is 0. The Labute approximate surface area is 95.3 Å². The van der Waals surface area contributed by atoms with Gasteiger partial charge in [0.15, 0.2) is 0 Å². The highest BCUT2D eigenvalue weighted by atomic mass is 32.2. The van der Waals surface area contributed by atoms with E-state index in [1.807, 2.05) is 23.1 Å². The van der Waals surface area contributed by atoms with Crippen molar-refractivity contribution in [1.29, 1.82) is 0 Å². The Morgan fingerprint density at radius 1 is 1.57 bits per heavy atom. The first-order valence-electron chi connectivity index (χ1n) is 5.14. The molecule has 0 radical (unpaired) electrons. The van der Waals surface area contributed by atoms with E-state index < -0.39 is 0 Å². The van der Waals surface area contributed by atoms with E-state index in [9.17, 15) is 0 Å². The molecule has 1 heterocycles. The van der Waals surface area contributed by atoms with Crippen LogP contribution in [0.2, 0.25) is 0 Å². The fraction of sp³-hybridized carbons (Fsp3) is 0.636. The second-order valence-electron chi connectivity index (χ2n) is 3.30. The van der Waals surface area contributed by atoms with Crippen LogP contribution in [0.3, 0.4) is 0 Å². The highest BCUT2D eigenvalue weighted by molar-refractivity contribution is 7.98. The summed E-state index contributed by atoms with van der Waals surface area (Å²) in [6, 6.07) is 4.94. The molecule has 1 aromatic rings. The van der Waals surface area contributed by atoms with Crippen molar-refractivity contribution < 1.29 is 0 Å². The van der Waals surface area contributed by atoms with Crippen LogP contribution in [0.1, 0.15) is 30.7 Å². The Bertz CT molecular complexity index is 213. The van der Waals surface area contributed by atoms with Crippen LogP contribution in [0.25, 0.3) is 0 Å². The van der Waals surface area contributed by atoms with Gasteiger partial charge in [-0.05, 0) is 42.8 Å². The summed E-state index contributed by atoms with van der Waals surface area (Å²) < 4.78 is 0. The maximum atomic E-state index is 3.60. The van der Waals surface area contributed by atoms with Crippen molar-refractivity contribution in [2.75, 3.05) is 18.6 Å². The predicted octanol–water partition coefficient (Wildman–Crippen LogP) is 3.54. The van der Waals surface area contributed by atoms with E-state index in [-0.39, 0.29) is 0 Å². The minimum absolute atomic E-state index is 0.572. The van der Waals surface area contributed by atoms with Gasteiger partial charge in [-0.25, -0.2) is 0 Å². The molecule has 0 aliphatic heterocycles. The van der Waals surface area contributed by atoms with Gasteiger partial charge in [0.2, 0.25) is 0 Å². The Hall–Kier alpha value is 0.01000. The van der Waals surface area contributed by atoms with Crippen molar-refractivity contribution in [3.8, 4) is 0 Å². The zero-order valence-electron chi connectivity index (χ0n) is 8.95. The van der Waals surface area contributed by atoms with E-state index in [2.05, 4.69) is 36.0 Å². The predicted molar refractivity (Wildman–Crippen MR) is 68.4 cm³/mol. The molecule has 0 aromatic carbocycles. The first-order chi connectivity index (χ1) is 6.88. The van der Waals surface area contributed by atoms with Gasteiger partial charge in [-0.3, -0.25) is 0 Å². The number of nitrogens with one attached hydrogen (secondary N) is 1. The Kier molecular flexibility index (Phi) is 6.32. The van der Waals surface area contributed by atoms with Gasteiger partial charge >= 0.3 is 0 Å². The quantitative estimate of drug-likeness (QED) is 0.767. The van der Waals surface area contributed by atoms with Crippen LogP contribution in [-0.4, -0.2) is 18.6 Å². The third kappa shape index (κ3) is 4.03. The lowest BCUT2D eigenvalue weighted by Gasteiger charge is -2.16. The molecule has 0 bridgehead atoms. The number of thioether (sulfide) groups is 1. The number of hydrogen-bond donors (Lipinski definition) is 1. The van der Waals surface area contributed by atoms with Crippen LogP contribution in [0, 0.1) is 0 Å². The third-order valence-corrected chi connectivity index (χ3v) is 3.77. The molecule has 3 heteroatoms. The standard InChI is InChI=1S/C11H19NS2/c1-3-7-12-10(6-9-13-2)11-5-4-8-14-11/h4-5,8,10,12H,3,6-7,9H2,1-2H3. The molecule has 0 spiro atoms. The number of hydrogen-bond acceptors (Lipinski definition) is 3. The van der Waals surface area contributed by atoms with Gasteiger partial charge in [0.1, 0.15) is 0 Å². The highest BCUT2D eigenvalue weighted by Gasteiger charge is 2.10. The maximum absolute atomic E-state index is 3.60. The van der Waals surface area contributed by atoms with Crippen molar-refractivity contribution >= 4 is 23.1 Å². The molecule has 1 atom stereocenters. The van der Waals surface area contributed by atoms with E-state index in [0.29, 0.717) is 6.04 Å². The van der Waals surface area contributed by atoms with Gasteiger partial charge < -0.3 is 5.32 Å². The van der Waals surface area contributed by atoms with Crippen LogP contribution in [-0.2, 0) is 0 Å². The molecule has 0 saturated carbocycles. The van der Waals surface area contributed by atoms with Gasteiger partial charge in [0.05, 0.1) is 0 Å². The van der Waals surface area contributed by atoms with Gasteiger partial charge in [0.25, 0.3) is 0 Å². The summed E-state index contributed by atoms with van der Waals surface area (Å²) in [5.74, 6) is 1.24. The van der Waals surface area contributed by atoms with Gasteiger partial charge in [-0.15, -0.1) is 11.3 Å². The van der Waals surface area contributed by atoms with E-state index >= 15 is 0 Å². The monoisotopic (exact) mass is 229 g/mol. The summed E-state index contributed by atoms with van der Waals surface area (Å²) in [4.78, 5) is 1.48. The van der Waals surface area contributed by atoms with Crippen LogP contribution < -0.4 is 5.32 Å². The van der Waals surface area contributed by atoms with Crippen LogP contribution in [0.15, 0.2) is 17.5 Å². The molecule has 14 heavy (non-hydrogen) atoms. The van der Waals surface area contributed by atoms with Crippen molar-refractivity contribution in [2.45, 2.75) is 25.8 Å². The fourth-order valence-electron chi connectivity index (χ4n) is 1.39. The average molecular weight is 229 g/mol. The van der Waals surface area contributed by atoms with Crippen LogP contribution in [0.4, 0.5) is 0 Å². The molecule has 1 N–H and O–H groups in total. The van der Waals surface area contributed by atoms with Crippen LogP contribution >= 0.6 is 23.1 Å². The fourth-order valence-corrected chi connectivity index (χ4v) is 2.70. The molecule has 0 saturated heterocycles. The normalized spacial score (nSPS) is 13.0. The SMILES string of the molecule is CCCNC(CCSC)c1cccs1. The molecule has 0 aliphatic carbocycles. The van der Waals surface area contributed by atoms with E-state index in [1.165, 1.54) is 23.5 Å². The summed E-state index contributed by atoms with van der Waals surface area (Å²) in [6.45, 7) is 3.34. The molecular weight excluding hydrogens is 210 g/mol. The molecule has 1 unspecified atom stereocenters. The minimum Gasteiger partial charge on any atom is -0.309 e. The largest absolute Gasteiger partial charge is 0.309 e. The average Bonchev–Trinajstić information content (AvgIpc) is 2.71. The summed E-state index contributed by atoms with van der Waals surface area (Å²) >= 11 is 3.79. The zero-order chi connectivity index (χ0) is 10.2. The van der Waals surface area contributed by atoms with E-state index in [4.69, 9.17) is 0 Å². The van der Waals surface area contributed by atoms with E-state index in [0.717, 1.165) is 6.54 Å². The number of rotatable bonds is 7. The first-order valence-corrected chi connectivity index (χ1v) is 7.41. The lowest BCUT2D eigenvalue weighted by Crippen LogP contribution is -2.21. The van der Waals surface area contributed by atoms with Crippen molar-refractivity contribution in [3.05, 3.63) is 22.4 Å². The lowest BCUT2D eigenvalue weighted by molar-refractivity contribution is 0.529. The summed E-state index contributed by atoms with van der Waals surface area (Å²) in [7, 11) is 0. The van der Waals surface area contributed by atoms with Gasteiger partial charge in [-0.2, -0.15) is 11.8 Å². The summed E-state index contributed by atoms with van der Waals surface area (Å²) in [6.07, 6.45) is 4.62. The molecule has 1 aromatic heterocycles. The second-order valence-corrected chi connectivity index (χ2v) is 5.27. The van der Waals surface area contributed by atoms with Crippen LogP contribution in [0.5, 0.6) is 0 Å². The molecule has 0 amide bonds. The Balaban J connectivity index is 2.44. The summed E-state index contributed by atoms with van der Waals surface area (Å²) in [5, 5.41) is 5.77. The van der Waals surface area contributed by atoms with Gasteiger partial charge in [-0.1, -0.05) is 13.0 Å². The third-order valence-electron chi connectivity index (χ3n) is 2.14. The van der Waals surface area contributed by atoms with Crippen molar-refractivity contribution in [2.24, 2.45) is 0 Å². The van der Waals surface area contributed by atoms with Crippen molar-refractivity contribution in [3.63, 3.8) is 0 Å². The zero-order valence-corrected chi connectivity index (χ0v) is 10.6. The van der Waals surface area contributed by atoms with Crippen molar-refractivity contribution in [1.82, 2.24) is 5.32 Å². The maximum Gasteiger partial charge on any atom is 0.0422 e. The van der Waals surface area contributed by atoms with Gasteiger partial charge in [0, 0.05) is 10.9 Å². The Morgan fingerprint density at radius 2 is 2.43 bits per heavy atom. The minimum atomic E-state index is 0.572.